The standard InChI is InChI=1S/C12H18N2O2S/c1-3-14(7-9-5-6-9)12-13-10(8-17-12)11(15)16-4-2/h8-9H,3-7H2,1-2H3. The summed E-state index contributed by atoms with van der Waals surface area (Å²) in [5.41, 5.74) is 0.432. The highest BCUT2D eigenvalue weighted by Gasteiger charge is 2.25. The van der Waals surface area contributed by atoms with Gasteiger partial charge in [0.15, 0.2) is 10.8 Å². The molecule has 1 aromatic rings. The predicted octanol–water partition coefficient (Wildman–Crippen LogP) is 2.56. The minimum Gasteiger partial charge on any atom is -0.461 e. The van der Waals surface area contributed by atoms with Gasteiger partial charge in [0.05, 0.1) is 6.61 Å². The maximum Gasteiger partial charge on any atom is 0.357 e. The normalized spacial score (nSPS) is 14.7. The number of rotatable bonds is 6. The van der Waals surface area contributed by atoms with Crippen LogP contribution in [0.25, 0.3) is 0 Å². The first-order valence-electron chi connectivity index (χ1n) is 6.12. The number of thiazole rings is 1. The van der Waals surface area contributed by atoms with E-state index in [9.17, 15) is 4.79 Å². The average molecular weight is 254 g/mol. The molecule has 17 heavy (non-hydrogen) atoms. The van der Waals surface area contributed by atoms with Crippen molar-refractivity contribution in [3.8, 4) is 0 Å². The molecule has 0 aliphatic heterocycles. The van der Waals surface area contributed by atoms with Crippen molar-refractivity contribution < 1.29 is 9.53 Å². The van der Waals surface area contributed by atoms with E-state index in [1.165, 1.54) is 24.2 Å². The molecule has 0 bridgehead atoms. The van der Waals surface area contributed by atoms with E-state index in [2.05, 4.69) is 16.8 Å². The van der Waals surface area contributed by atoms with E-state index in [1.54, 1.807) is 12.3 Å². The number of carbonyl (C=O) groups excluding carboxylic acids is 1. The van der Waals surface area contributed by atoms with Crippen molar-refractivity contribution in [1.29, 1.82) is 0 Å². The van der Waals surface area contributed by atoms with Crippen molar-refractivity contribution in [3.05, 3.63) is 11.1 Å². The van der Waals surface area contributed by atoms with Gasteiger partial charge in [-0.2, -0.15) is 0 Å². The topological polar surface area (TPSA) is 42.4 Å². The Kier molecular flexibility index (Phi) is 3.99. The zero-order valence-electron chi connectivity index (χ0n) is 10.3. The van der Waals surface area contributed by atoms with Crippen molar-refractivity contribution in [1.82, 2.24) is 4.98 Å². The molecule has 0 spiro atoms. The Hall–Kier alpha value is -1.10. The Bertz CT molecular complexity index is 388. The van der Waals surface area contributed by atoms with Gasteiger partial charge in [0.25, 0.3) is 0 Å². The number of nitrogens with zero attached hydrogens (tertiary/aromatic N) is 2. The summed E-state index contributed by atoms with van der Waals surface area (Å²) in [5.74, 6) is 0.502. The number of aromatic nitrogens is 1. The number of ether oxygens (including phenoxy) is 1. The van der Waals surface area contributed by atoms with Crippen LogP contribution in [0, 0.1) is 5.92 Å². The van der Waals surface area contributed by atoms with Gasteiger partial charge < -0.3 is 9.64 Å². The highest BCUT2D eigenvalue weighted by molar-refractivity contribution is 7.13. The average Bonchev–Trinajstić information content (AvgIpc) is 3.01. The Morgan fingerprint density at radius 1 is 1.59 bits per heavy atom. The second-order valence-corrected chi connectivity index (χ2v) is 5.05. The highest BCUT2D eigenvalue weighted by atomic mass is 32.1. The summed E-state index contributed by atoms with van der Waals surface area (Å²) in [6, 6.07) is 0. The van der Waals surface area contributed by atoms with Gasteiger partial charge in [-0.25, -0.2) is 9.78 Å². The molecule has 0 saturated heterocycles. The number of carbonyl (C=O) groups is 1. The van der Waals surface area contributed by atoms with Crippen molar-refractivity contribution >= 4 is 22.4 Å². The first-order valence-corrected chi connectivity index (χ1v) is 7.00. The predicted molar refractivity (Wildman–Crippen MR) is 68.7 cm³/mol. The Morgan fingerprint density at radius 3 is 2.94 bits per heavy atom. The van der Waals surface area contributed by atoms with Gasteiger partial charge in [-0.1, -0.05) is 0 Å². The van der Waals surface area contributed by atoms with Gasteiger partial charge in [0.1, 0.15) is 0 Å². The maximum atomic E-state index is 11.5. The van der Waals surface area contributed by atoms with E-state index in [0.29, 0.717) is 12.3 Å². The molecular weight excluding hydrogens is 236 g/mol. The van der Waals surface area contributed by atoms with Crippen molar-refractivity contribution in [2.75, 3.05) is 24.6 Å². The van der Waals surface area contributed by atoms with Gasteiger partial charge in [0.2, 0.25) is 0 Å². The minimum atomic E-state index is -0.322. The minimum absolute atomic E-state index is 0.322. The largest absolute Gasteiger partial charge is 0.461 e. The van der Waals surface area contributed by atoms with Crippen LogP contribution in [0.4, 0.5) is 5.13 Å². The summed E-state index contributed by atoms with van der Waals surface area (Å²) in [7, 11) is 0. The van der Waals surface area contributed by atoms with Crippen LogP contribution in [-0.4, -0.2) is 30.6 Å². The fourth-order valence-corrected chi connectivity index (χ4v) is 2.53. The van der Waals surface area contributed by atoms with Crippen LogP contribution in [-0.2, 0) is 4.74 Å². The number of hydrogen-bond donors (Lipinski definition) is 0. The molecule has 1 fully saturated rings. The lowest BCUT2D eigenvalue weighted by Gasteiger charge is -2.19. The summed E-state index contributed by atoms with van der Waals surface area (Å²) in [6.07, 6.45) is 2.65. The molecule has 0 atom stereocenters. The van der Waals surface area contributed by atoms with E-state index < -0.39 is 0 Å². The second-order valence-electron chi connectivity index (χ2n) is 4.22. The molecule has 2 rings (SSSR count). The van der Waals surface area contributed by atoms with Crippen molar-refractivity contribution in [2.24, 2.45) is 5.92 Å². The zero-order chi connectivity index (χ0) is 12.3. The fourth-order valence-electron chi connectivity index (χ4n) is 1.66. The lowest BCUT2D eigenvalue weighted by atomic mass is 10.4. The quantitative estimate of drug-likeness (QED) is 0.732. The molecule has 0 aromatic carbocycles. The van der Waals surface area contributed by atoms with Crippen LogP contribution in [0.1, 0.15) is 37.2 Å². The van der Waals surface area contributed by atoms with Gasteiger partial charge in [-0.05, 0) is 32.6 Å². The molecule has 1 aliphatic rings. The molecular formula is C12H18N2O2S. The Balaban J connectivity index is 2.01. The molecule has 0 unspecified atom stereocenters. The molecule has 4 nitrogen and oxygen atoms in total. The van der Waals surface area contributed by atoms with Crippen LogP contribution in [0.5, 0.6) is 0 Å². The summed E-state index contributed by atoms with van der Waals surface area (Å²) in [4.78, 5) is 18.1. The molecule has 0 amide bonds. The summed E-state index contributed by atoms with van der Waals surface area (Å²) in [5, 5.41) is 2.71. The number of anilines is 1. The smallest absolute Gasteiger partial charge is 0.357 e. The Morgan fingerprint density at radius 2 is 2.35 bits per heavy atom. The molecule has 0 N–H and O–H groups in total. The summed E-state index contributed by atoms with van der Waals surface area (Å²) in [6.45, 7) is 6.31. The van der Waals surface area contributed by atoms with Gasteiger partial charge in [0, 0.05) is 18.5 Å². The SMILES string of the molecule is CCOC(=O)c1csc(N(CC)CC2CC2)n1. The fraction of sp³-hybridized carbons (Fsp3) is 0.667. The van der Waals surface area contributed by atoms with E-state index >= 15 is 0 Å². The lowest BCUT2D eigenvalue weighted by molar-refractivity contribution is 0.0520. The van der Waals surface area contributed by atoms with Crippen molar-refractivity contribution in [3.63, 3.8) is 0 Å². The molecule has 0 radical (unpaired) electrons. The van der Waals surface area contributed by atoms with E-state index in [0.717, 1.165) is 24.1 Å². The van der Waals surface area contributed by atoms with Gasteiger partial charge >= 0.3 is 5.97 Å². The molecule has 1 heterocycles. The van der Waals surface area contributed by atoms with Gasteiger partial charge in [-0.15, -0.1) is 11.3 Å². The zero-order valence-corrected chi connectivity index (χ0v) is 11.1. The first kappa shape index (κ1) is 12.4. The monoisotopic (exact) mass is 254 g/mol. The molecule has 1 aliphatic carbocycles. The third-order valence-corrected chi connectivity index (χ3v) is 3.71. The molecule has 94 valence electrons. The second kappa shape index (κ2) is 5.49. The Labute approximate surface area is 106 Å². The molecule has 1 saturated carbocycles. The third kappa shape index (κ3) is 3.19. The van der Waals surface area contributed by atoms with Crippen molar-refractivity contribution in [2.45, 2.75) is 26.7 Å². The van der Waals surface area contributed by atoms with Crippen LogP contribution in [0.15, 0.2) is 5.38 Å². The maximum absolute atomic E-state index is 11.5. The number of esters is 1. The number of hydrogen-bond acceptors (Lipinski definition) is 5. The molecule has 5 heteroatoms. The summed E-state index contributed by atoms with van der Waals surface area (Å²) < 4.78 is 4.93. The molecule has 1 aromatic heterocycles. The van der Waals surface area contributed by atoms with Crippen LogP contribution in [0.3, 0.4) is 0 Å². The lowest BCUT2D eigenvalue weighted by Crippen LogP contribution is -2.25. The first-order chi connectivity index (χ1) is 8.24. The van der Waals surface area contributed by atoms with Gasteiger partial charge in [-0.3, -0.25) is 0 Å². The van der Waals surface area contributed by atoms with E-state index in [1.807, 2.05) is 0 Å². The van der Waals surface area contributed by atoms with E-state index in [-0.39, 0.29) is 5.97 Å². The van der Waals surface area contributed by atoms with E-state index in [4.69, 9.17) is 4.74 Å². The third-order valence-electron chi connectivity index (χ3n) is 2.80. The van der Waals surface area contributed by atoms with Crippen LogP contribution < -0.4 is 4.90 Å². The highest BCUT2D eigenvalue weighted by Crippen LogP contribution is 2.32. The van der Waals surface area contributed by atoms with Crippen LogP contribution >= 0.6 is 11.3 Å². The van der Waals surface area contributed by atoms with Crippen LogP contribution in [0.2, 0.25) is 0 Å². The summed E-state index contributed by atoms with van der Waals surface area (Å²) >= 11 is 1.52.